The van der Waals surface area contributed by atoms with E-state index in [1.165, 1.54) is 24.5 Å². The molecule has 1 aromatic heterocycles. The molecule has 3 heteroatoms. The average molecular weight is 393 g/mol. The highest BCUT2D eigenvalue weighted by molar-refractivity contribution is 8.17. The lowest BCUT2D eigenvalue weighted by Crippen LogP contribution is -1.88. The highest BCUT2D eigenvalue weighted by atomic mass is 32.2. The summed E-state index contributed by atoms with van der Waals surface area (Å²) in [5.74, 6) is 1.04. The topological polar surface area (TPSA) is 0 Å². The molecule has 4 rings (SSSR count). The largest absolute Gasteiger partial charge is 0.173 e. The van der Waals surface area contributed by atoms with Crippen LogP contribution >= 0.6 is 34.0 Å². The number of benzene rings is 3. The summed E-state index contributed by atoms with van der Waals surface area (Å²) in [7, 11) is -0.511. The smallest absolute Gasteiger partial charge is 0.0326 e. The summed E-state index contributed by atoms with van der Waals surface area (Å²) in [6.45, 7) is 0. The molecule has 0 radical (unpaired) electrons. The van der Waals surface area contributed by atoms with Crippen LogP contribution in [0.4, 0.5) is 0 Å². The van der Waals surface area contributed by atoms with Gasteiger partial charge in [0.15, 0.2) is 0 Å². The average Bonchev–Trinajstić information content (AvgIpc) is 3.23. The zero-order chi connectivity index (χ0) is 17.6. The van der Waals surface area contributed by atoms with Gasteiger partial charge in [-0.15, -0.1) is 23.1 Å². The molecule has 0 unspecified atom stereocenters. The van der Waals surface area contributed by atoms with Crippen molar-refractivity contribution in [3.63, 3.8) is 0 Å². The molecule has 0 aliphatic heterocycles. The lowest BCUT2D eigenvalue weighted by atomic mass is 10.4. The number of thiophene rings is 1. The minimum atomic E-state index is -0.511. The molecule has 26 heavy (non-hydrogen) atoms. The fraction of sp³-hybridized carbons (Fsp3) is 0.0435. The van der Waals surface area contributed by atoms with Crippen LogP contribution in [0, 0.1) is 0 Å². The zero-order valence-electron chi connectivity index (χ0n) is 14.3. The van der Waals surface area contributed by atoms with Crippen LogP contribution in [0.25, 0.3) is 0 Å². The Labute approximate surface area is 166 Å². The minimum Gasteiger partial charge on any atom is -0.173 e. The molecule has 0 saturated carbocycles. The van der Waals surface area contributed by atoms with E-state index in [2.05, 4.69) is 102 Å². The third-order valence-corrected chi connectivity index (χ3v) is 8.65. The Kier molecular flexibility index (Phi) is 5.80. The molecule has 4 aromatic rings. The third-order valence-electron chi connectivity index (χ3n) is 4.08. The first-order valence-corrected chi connectivity index (χ1v) is 11.8. The standard InChI is InChI=1S/C23H20S3/c1-3-9-21(10-4-1)26(22-11-5-2-6-12-22)23-15-13-19(14-16-23)25-18-20-8-7-17-24-20/h1-17,26H,18H2. The van der Waals surface area contributed by atoms with Gasteiger partial charge in [-0.3, -0.25) is 0 Å². The number of rotatable bonds is 6. The van der Waals surface area contributed by atoms with Crippen molar-refractivity contribution in [3.8, 4) is 0 Å². The molecule has 0 N–H and O–H groups in total. The maximum atomic E-state index is 2.31. The van der Waals surface area contributed by atoms with Crippen LogP contribution in [0.2, 0.25) is 0 Å². The van der Waals surface area contributed by atoms with Crippen molar-refractivity contribution in [2.75, 3.05) is 0 Å². The maximum Gasteiger partial charge on any atom is 0.0326 e. The molecular weight excluding hydrogens is 372 g/mol. The summed E-state index contributed by atoms with van der Waals surface area (Å²) < 4.78 is 0. The molecule has 1 heterocycles. The lowest BCUT2D eigenvalue weighted by Gasteiger charge is -2.23. The first-order valence-electron chi connectivity index (χ1n) is 8.56. The summed E-state index contributed by atoms with van der Waals surface area (Å²) in [6, 6.07) is 35.2. The van der Waals surface area contributed by atoms with E-state index in [1.807, 2.05) is 23.1 Å². The van der Waals surface area contributed by atoms with Crippen molar-refractivity contribution in [2.24, 2.45) is 0 Å². The lowest BCUT2D eigenvalue weighted by molar-refractivity contribution is 1.29. The summed E-state index contributed by atoms with van der Waals surface area (Å²) in [5.41, 5.74) is 0. The van der Waals surface area contributed by atoms with Crippen LogP contribution in [0.15, 0.2) is 122 Å². The molecule has 0 fully saturated rings. The second-order valence-electron chi connectivity index (χ2n) is 5.87. The van der Waals surface area contributed by atoms with Crippen LogP contribution < -0.4 is 0 Å². The van der Waals surface area contributed by atoms with E-state index < -0.39 is 10.9 Å². The van der Waals surface area contributed by atoms with Gasteiger partial charge in [0.1, 0.15) is 0 Å². The summed E-state index contributed by atoms with van der Waals surface area (Å²) in [5, 5.41) is 2.14. The van der Waals surface area contributed by atoms with Crippen LogP contribution in [0.1, 0.15) is 4.88 Å². The van der Waals surface area contributed by atoms with E-state index in [9.17, 15) is 0 Å². The Bertz CT molecular complexity index is 875. The van der Waals surface area contributed by atoms with Gasteiger partial charge in [-0.05, 0) is 74.7 Å². The molecule has 0 amide bonds. The zero-order valence-corrected chi connectivity index (χ0v) is 16.8. The summed E-state index contributed by atoms with van der Waals surface area (Å²) in [4.78, 5) is 6.95. The van der Waals surface area contributed by atoms with Gasteiger partial charge in [-0.25, -0.2) is 0 Å². The van der Waals surface area contributed by atoms with Crippen molar-refractivity contribution < 1.29 is 0 Å². The number of hydrogen-bond acceptors (Lipinski definition) is 2. The summed E-state index contributed by atoms with van der Waals surface area (Å²) in [6.07, 6.45) is 0. The molecule has 0 saturated heterocycles. The second kappa shape index (κ2) is 8.63. The number of thiol groups is 1. The molecule has 130 valence electrons. The predicted molar refractivity (Wildman–Crippen MR) is 117 cm³/mol. The van der Waals surface area contributed by atoms with E-state index >= 15 is 0 Å². The van der Waals surface area contributed by atoms with Gasteiger partial charge in [0.2, 0.25) is 0 Å². The van der Waals surface area contributed by atoms with Crippen molar-refractivity contribution in [1.82, 2.24) is 0 Å². The predicted octanol–water partition coefficient (Wildman–Crippen LogP) is 7.52. The first-order chi connectivity index (χ1) is 12.9. The van der Waals surface area contributed by atoms with Crippen molar-refractivity contribution in [1.29, 1.82) is 0 Å². The van der Waals surface area contributed by atoms with Gasteiger partial charge in [-0.2, -0.15) is 10.9 Å². The van der Waals surface area contributed by atoms with Gasteiger partial charge >= 0.3 is 0 Å². The Morgan fingerprint density at radius 1 is 0.615 bits per heavy atom. The van der Waals surface area contributed by atoms with Gasteiger partial charge in [-0.1, -0.05) is 42.5 Å². The van der Waals surface area contributed by atoms with Crippen LogP contribution in [-0.4, -0.2) is 0 Å². The fourth-order valence-corrected chi connectivity index (χ4v) is 6.80. The van der Waals surface area contributed by atoms with Gasteiger partial charge in [0.25, 0.3) is 0 Å². The normalized spacial score (nSPS) is 11.3. The Morgan fingerprint density at radius 2 is 1.19 bits per heavy atom. The van der Waals surface area contributed by atoms with Crippen LogP contribution in [-0.2, 0) is 5.75 Å². The van der Waals surface area contributed by atoms with E-state index in [1.54, 1.807) is 0 Å². The van der Waals surface area contributed by atoms with Gasteiger partial charge < -0.3 is 0 Å². The van der Waals surface area contributed by atoms with Crippen molar-refractivity contribution in [3.05, 3.63) is 107 Å². The quantitative estimate of drug-likeness (QED) is 0.261. The second-order valence-corrected chi connectivity index (χ2v) is 10.2. The Morgan fingerprint density at radius 3 is 1.73 bits per heavy atom. The highest BCUT2D eigenvalue weighted by Gasteiger charge is 2.12. The van der Waals surface area contributed by atoms with Gasteiger partial charge in [0.05, 0.1) is 0 Å². The molecule has 0 aliphatic carbocycles. The van der Waals surface area contributed by atoms with Crippen LogP contribution in [0.3, 0.4) is 0 Å². The van der Waals surface area contributed by atoms with Crippen molar-refractivity contribution >= 4 is 34.0 Å². The molecular formula is C23H20S3. The maximum absolute atomic E-state index is 2.31. The molecule has 0 spiro atoms. The first kappa shape index (κ1) is 17.5. The fourth-order valence-electron chi connectivity index (χ4n) is 2.84. The van der Waals surface area contributed by atoms with Gasteiger partial charge in [0, 0.05) is 15.5 Å². The van der Waals surface area contributed by atoms with E-state index in [0.29, 0.717) is 0 Å². The monoisotopic (exact) mass is 392 g/mol. The van der Waals surface area contributed by atoms with E-state index in [-0.39, 0.29) is 0 Å². The summed E-state index contributed by atoms with van der Waals surface area (Å²) >= 11 is 3.73. The third kappa shape index (κ3) is 4.24. The molecule has 3 aromatic carbocycles. The SMILES string of the molecule is c1ccc([SH](c2ccccc2)c2ccc(SCc3cccs3)cc2)cc1. The highest BCUT2D eigenvalue weighted by Crippen LogP contribution is 2.51. The minimum absolute atomic E-state index is 0.511. The Hall–Kier alpha value is -1.94. The molecule has 0 aliphatic rings. The van der Waals surface area contributed by atoms with E-state index in [0.717, 1.165) is 5.75 Å². The van der Waals surface area contributed by atoms with E-state index in [4.69, 9.17) is 0 Å². The van der Waals surface area contributed by atoms with Crippen LogP contribution in [0.5, 0.6) is 0 Å². The molecule has 0 atom stereocenters. The molecule has 0 bridgehead atoms. The molecule has 0 nitrogen and oxygen atoms in total. The number of thioether (sulfide) groups is 1. The number of hydrogen-bond donors (Lipinski definition) is 1. The Balaban J connectivity index is 1.60. The van der Waals surface area contributed by atoms with Crippen molar-refractivity contribution in [2.45, 2.75) is 25.3 Å².